The minimum absolute atomic E-state index is 0.616. The van der Waals surface area contributed by atoms with Crippen LogP contribution in [0.5, 0.6) is 5.75 Å². The number of benzene rings is 1. The molecule has 28 heavy (non-hydrogen) atoms. The molecular weight excluding hydrogens is 352 g/mol. The minimum Gasteiger partial charge on any atom is -0.496 e. The fraction of sp³-hybridized carbons (Fsp3) is 0.455. The summed E-state index contributed by atoms with van der Waals surface area (Å²) in [6.45, 7) is 7.90. The monoisotopic (exact) mass is 380 g/mol. The number of hydrogen-bond acceptors (Lipinski definition) is 5. The van der Waals surface area contributed by atoms with Crippen LogP contribution in [0.1, 0.15) is 41.2 Å². The van der Waals surface area contributed by atoms with Crippen LogP contribution in [-0.4, -0.2) is 32.8 Å². The maximum absolute atomic E-state index is 6.01. The van der Waals surface area contributed by atoms with Gasteiger partial charge in [0.25, 0.3) is 0 Å². The van der Waals surface area contributed by atoms with Gasteiger partial charge >= 0.3 is 0 Å². The Morgan fingerprint density at radius 3 is 2.57 bits per heavy atom. The standard InChI is InChI=1S/C22H28N4O2/c1-14-19(15(2)25(4)24-14)12-26(17-10-11-17)13-20-16(3)28-22(23-20)18-8-6-7-9-21(18)27-5/h6-9,17H,10-13H2,1-5H3. The third-order valence-corrected chi connectivity index (χ3v) is 5.67. The molecule has 4 rings (SSSR count). The Morgan fingerprint density at radius 2 is 1.93 bits per heavy atom. The van der Waals surface area contributed by atoms with Gasteiger partial charge in [-0.15, -0.1) is 0 Å². The van der Waals surface area contributed by atoms with Crippen molar-refractivity contribution in [2.75, 3.05) is 7.11 Å². The normalized spacial score (nSPS) is 14.1. The summed E-state index contributed by atoms with van der Waals surface area (Å²) >= 11 is 0. The molecule has 1 aliphatic carbocycles. The van der Waals surface area contributed by atoms with E-state index in [1.165, 1.54) is 24.1 Å². The molecule has 0 unspecified atom stereocenters. The maximum Gasteiger partial charge on any atom is 0.230 e. The molecule has 1 aliphatic rings. The van der Waals surface area contributed by atoms with Crippen LogP contribution in [0.25, 0.3) is 11.5 Å². The fourth-order valence-corrected chi connectivity index (χ4v) is 3.71. The van der Waals surface area contributed by atoms with Crippen molar-refractivity contribution in [3.63, 3.8) is 0 Å². The van der Waals surface area contributed by atoms with E-state index < -0.39 is 0 Å². The van der Waals surface area contributed by atoms with Crippen molar-refractivity contribution in [2.45, 2.75) is 52.7 Å². The second kappa shape index (κ2) is 7.43. The van der Waals surface area contributed by atoms with Gasteiger partial charge in [-0.2, -0.15) is 5.10 Å². The van der Waals surface area contributed by atoms with Crippen LogP contribution in [0.2, 0.25) is 0 Å². The summed E-state index contributed by atoms with van der Waals surface area (Å²) < 4.78 is 13.4. The first-order valence-corrected chi connectivity index (χ1v) is 9.80. The SMILES string of the molecule is COc1ccccc1-c1nc(CN(Cc2c(C)nn(C)c2C)C2CC2)c(C)o1. The summed E-state index contributed by atoms with van der Waals surface area (Å²) in [6, 6.07) is 8.45. The third kappa shape index (κ3) is 3.56. The first-order chi connectivity index (χ1) is 13.5. The molecule has 0 spiro atoms. The van der Waals surface area contributed by atoms with Crippen LogP contribution < -0.4 is 4.74 Å². The van der Waals surface area contributed by atoms with Gasteiger partial charge in [0.1, 0.15) is 11.5 Å². The molecule has 0 saturated heterocycles. The van der Waals surface area contributed by atoms with Crippen LogP contribution in [0.15, 0.2) is 28.7 Å². The number of aromatic nitrogens is 3. The van der Waals surface area contributed by atoms with E-state index in [1.807, 2.05) is 42.9 Å². The molecule has 1 saturated carbocycles. The molecule has 0 radical (unpaired) electrons. The lowest BCUT2D eigenvalue weighted by Gasteiger charge is -2.21. The molecule has 3 aromatic rings. The molecular formula is C22H28N4O2. The number of methoxy groups -OCH3 is 1. The Labute approximate surface area is 166 Å². The Balaban J connectivity index is 1.59. The Hall–Kier alpha value is -2.60. The molecule has 1 aromatic carbocycles. The largest absolute Gasteiger partial charge is 0.496 e. The van der Waals surface area contributed by atoms with Crippen molar-refractivity contribution >= 4 is 0 Å². The molecule has 0 bridgehead atoms. The summed E-state index contributed by atoms with van der Waals surface area (Å²) in [5.41, 5.74) is 5.54. The number of hydrogen-bond donors (Lipinski definition) is 0. The van der Waals surface area contributed by atoms with Gasteiger partial charge in [0, 0.05) is 37.4 Å². The van der Waals surface area contributed by atoms with Gasteiger partial charge in [-0.25, -0.2) is 4.98 Å². The van der Waals surface area contributed by atoms with Crippen LogP contribution in [-0.2, 0) is 20.1 Å². The van der Waals surface area contributed by atoms with Crippen molar-refractivity contribution in [3.05, 3.63) is 52.7 Å². The summed E-state index contributed by atoms with van der Waals surface area (Å²) in [5, 5.41) is 4.57. The second-order valence-electron chi connectivity index (χ2n) is 7.63. The molecule has 148 valence electrons. The zero-order chi connectivity index (χ0) is 19.8. The highest BCUT2D eigenvalue weighted by Crippen LogP contribution is 2.34. The first kappa shape index (κ1) is 18.7. The summed E-state index contributed by atoms with van der Waals surface area (Å²) in [7, 11) is 3.68. The molecule has 0 aliphatic heterocycles. The highest BCUT2D eigenvalue weighted by atomic mass is 16.5. The highest BCUT2D eigenvalue weighted by Gasteiger charge is 2.31. The predicted molar refractivity (Wildman–Crippen MR) is 108 cm³/mol. The van der Waals surface area contributed by atoms with Gasteiger partial charge in [-0.3, -0.25) is 9.58 Å². The lowest BCUT2D eigenvalue weighted by atomic mass is 10.1. The van der Waals surface area contributed by atoms with Crippen LogP contribution in [0.4, 0.5) is 0 Å². The molecule has 0 N–H and O–H groups in total. The smallest absolute Gasteiger partial charge is 0.230 e. The van der Waals surface area contributed by atoms with Gasteiger partial charge in [0.05, 0.1) is 24.1 Å². The average molecular weight is 380 g/mol. The number of nitrogens with zero attached hydrogens (tertiary/aromatic N) is 4. The van der Waals surface area contributed by atoms with Crippen LogP contribution in [0.3, 0.4) is 0 Å². The predicted octanol–water partition coefficient (Wildman–Crippen LogP) is 4.17. The van der Waals surface area contributed by atoms with E-state index in [1.54, 1.807) is 7.11 Å². The number of oxazole rings is 1. The summed E-state index contributed by atoms with van der Waals surface area (Å²) in [4.78, 5) is 7.33. The number of rotatable bonds is 7. The summed E-state index contributed by atoms with van der Waals surface area (Å²) in [6.07, 6.45) is 2.49. The van der Waals surface area contributed by atoms with E-state index in [9.17, 15) is 0 Å². The van der Waals surface area contributed by atoms with Crippen molar-refractivity contribution in [1.82, 2.24) is 19.7 Å². The van der Waals surface area contributed by atoms with Crippen molar-refractivity contribution in [1.29, 1.82) is 0 Å². The maximum atomic E-state index is 6.01. The molecule has 0 atom stereocenters. The first-order valence-electron chi connectivity index (χ1n) is 9.80. The Bertz CT molecular complexity index is 985. The zero-order valence-corrected chi connectivity index (χ0v) is 17.3. The Kier molecular flexibility index (Phi) is 4.98. The number of para-hydroxylation sites is 1. The van der Waals surface area contributed by atoms with Crippen molar-refractivity contribution in [3.8, 4) is 17.2 Å². The van der Waals surface area contributed by atoms with Gasteiger partial charge in [0.15, 0.2) is 0 Å². The molecule has 6 heteroatoms. The van der Waals surface area contributed by atoms with Crippen LogP contribution in [0, 0.1) is 20.8 Å². The quantitative estimate of drug-likeness (QED) is 0.616. The number of ether oxygens (including phenoxy) is 1. The molecule has 2 heterocycles. The lowest BCUT2D eigenvalue weighted by molar-refractivity contribution is 0.241. The third-order valence-electron chi connectivity index (χ3n) is 5.67. The van der Waals surface area contributed by atoms with E-state index in [-0.39, 0.29) is 0 Å². The van der Waals surface area contributed by atoms with Gasteiger partial charge < -0.3 is 9.15 Å². The van der Waals surface area contributed by atoms with E-state index in [0.29, 0.717) is 11.9 Å². The average Bonchev–Trinajstić information content (AvgIpc) is 3.43. The topological polar surface area (TPSA) is 56.3 Å². The van der Waals surface area contributed by atoms with Crippen molar-refractivity contribution < 1.29 is 9.15 Å². The van der Waals surface area contributed by atoms with Crippen LogP contribution >= 0.6 is 0 Å². The van der Waals surface area contributed by atoms with E-state index in [0.717, 1.165) is 41.6 Å². The lowest BCUT2D eigenvalue weighted by Crippen LogP contribution is -2.26. The second-order valence-corrected chi connectivity index (χ2v) is 7.63. The Morgan fingerprint density at radius 1 is 1.18 bits per heavy atom. The van der Waals surface area contributed by atoms with Gasteiger partial charge in [0.2, 0.25) is 5.89 Å². The molecule has 1 fully saturated rings. The summed E-state index contributed by atoms with van der Waals surface area (Å²) in [5.74, 6) is 2.26. The van der Waals surface area contributed by atoms with E-state index >= 15 is 0 Å². The zero-order valence-electron chi connectivity index (χ0n) is 17.3. The molecule has 6 nitrogen and oxygen atoms in total. The minimum atomic E-state index is 0.616. The van der Waals surface area contributed by atoms with Gasteiger partial charge in [-0.05, 0) is 45.7 Å². The van der Waals surface area contributed by atoms with E-state index in [4.69, 9.17) is 14.1 Å². The number of aryl methyl sites for hydroxylation is 3. The molecule has 2 aromatic heterocycles. The highest BCUT2D eigenvalue weighted by molar-refractivity contribution is 5.63. The fourth-order valence-electron chi connectivity index (χ4n) is 3.71. The van der Waals surface area contributed by atoms with Gasteiger partial charge in [-0.1, -0.05) is 12.1 Å². The van der Waals surface area contributed by atoms with Crippen molar-refractivity contribution in [2.24, 2.45) is 7.05 Å². The molecule has 0 amide bonds. The van der Waals surface area contributed by atoms with E-state index in [2.05, 4.69) is 23.8 Å².